The second-order valence-electron chi connectivity index (χ2n) is 4.97. The summed E-state index contributed by atoms with van der Waals surface area (Å²) in [5.74, 6) is 0. The maximum atomic E-state index is 12.4. The normalized spacial score (nSPS) is 27.1. The summed E-state index contributed by atoms with van der Waals surface area (Å²) >= 11 is 0. The second-order valence-corrected chi connectivity index (χ2v) is 6.81. The number of nitrogens with zero attached hydrogens (tertiary/aromatic N) is 3. The Kier molecular flexibility index (Phi) is 3.33. The molecule has 0 amide bonds. The quantitative estimate of drug-likeness (QED) is 0.370. The van der Waals surface area contributed by atoms with Crippen molar-refractivity contribution >= 4 is 10.0 Å². The van der Waals surface area contributed by atoms with E-state index in [4.69, 9.17) is 10.3 Å². The molecular formula is C14H13N3O3S. The molecule has 7 heteroatoms. The van der Waals surface area contributed by atoms with E-state index in [1.54, 1.807) is 36.4 Å². The molecule has 0 saturated carbocycles. The Balaban J connectivity index is 2.09. The van der Waals surface area contributed by atoms with Crippen LogP contribution in [0.1, 0.15) is 23.7 Å². The number of rotatable bonds is 4. The number of epoxide rings is 1. The van der Waals surface area contributed by atoms with E-state index in [1.807, 2.05) is 12.1 Å². The summed E-state index contributed by atoms with van der Waals surface area (Å²) in [6, 6.07) is 7.22. The molecule has 2 atom stereocenters. The van der Waals surface area contributed by atoms with E-state index in [2.05, 4.69) is 9.43 Å². The Hall–Kier alpha value is -2.08. The number of azide groups is 1. The third-order valence-corrected chi connectivity index (χ3v) is 5.49. The van der Waals surface area contributed by atoms with Gasteiger partial charge in [-0.25, -0.2) is 8.42 Å². The van der Waals surface area contributed by atoms with Gasteiger partial charge in [0.25, 0.3) is 0 Å². The zero-order valence-corrected chi connectivity index (χ0v) is 11.9. The lowest BCUT2D eigenvalue weighted by atomic mass is 9.90. The van der Waals surface area contributed by atoms with E-state index in [0.29, 0.717) is 12.2 Å². The molecule has 1 heterocycles. The summed E-state index contributed by atoms with van der Waals surface area (Å²) in [5, 5.41) is 0. The molecule has 0 aromatic heterocycles. The summed E-state index contributed by atoms with van der Waals surface area (Å²) in [7, 11) is -4.03. The smallest absolute Gasteiger partial charge is 0.249 e. The van der Waals surface area contributed by atoms with Crippen molar-refractivity contribution in [1.82, 2.24) is 0 Å². The molecule has 1 aliphatic heterocycles. The van der Waals surface area contributed by atoms with Gasteiger partial charge in [-0.2, -0.15) is 0 Å². The molecule has 0 bridgehead atoms. The van der Waals surface area contributed by atoms with Crippen molar-refractivity contribution in [3.05, 3.63) is 70.1 Å². The van der Waals surface area contributed by atoms with Gasteiger partial charge in [-0.1, -0.05) is 48.6 Å². The third kappa shape index (κ3) is 2.35. The summed E-state index contributed by atoms with van der Waals surface area (Å²) in [4.78, 5) is 2.47. The monoisotopic (exact) mass is 303 g/mol. The summed E-state index contributed by atoms with van der Waals surface area (Å²) in [5.41, 5.74) is 10.1. The van der Waals surface area contributed by atoms with E-state index in [1.165, 1.54) is 0 Å². The topological polar surface area (TPSA) is 95.4 Å². The fraction of sp³-hybridized carbons (Fsp3) is 0.286. The molecule has 2 unspecified atom stereocenters. The summed E-state index contributed by atoms with van der Waals surface area (Å²) in [6.45, 7) is 0.699. The Bertz CT molecular complexity index is 757. The lowest BCUT2D eigenvalue weighted by Gasteiger charge is -2.29. The van der Waals surface area contributed by atoms with Gasteiger partial charge in [-0.15, -0.1) is 0 Å². The Labute approximate surface area is 122 Å². The molecule has 3 rings (SSSR count). The van der Waals surface area contributed by atoms with Crippen molar-refractivity contribution in [2.24, 2.45) is 4.52 Å². The lowest BCUT2D eigenvalue weighted by molar-refractivity contribution is 0.415. The average molecular weight is 303 g/mol. The van der Waals surface area contributed by atoms with Gasteiger partial charge in [0.2, 0.25) is 10.0 Å². The Morgan fingerprint density at radius 2 is 2.00 bits per heavy atom. The van der Waals surface area contributed by atoms with Crippen molar-refractivity contribution in [1.29, 1.82) is 0 Å². The largest absolute Gasteiger partial charge is 0.368 e. The van der Waals surface area contributed by atoms with Gasteiger partial charge in [0.1, 0.15) is 10.9 Å². The maximum absolute atomic E-state index is 12.4. The third-order valence-electron chi connectivity index (χ3n) is 3.74. The standard InChI is InChI=1S/C14H13N3O3S/c15-16-17-21(18,19)14(8-2-1-3-9-14)12-6-4-11(5-7-12)13-10-20-13/h1-8,13H,9-10H2. The molecule has 0 spiro atoms. The molecule has 6 nitrogen and oxygen atoms in total. The van der Waals surface area contributed by atoms with Crippen molar-refractivity contribution < 1.29 is 13.2 Å². The van der Waals surface area contributed by atoms with Gasteiger partial charge in [-0.3, -0.25) is 0 Å². The van der Waals surface area contributed by atoms with Gasteiger partial charge in [-0.05, 0) is 23.1 Å². The van der Waals surface area contributed by atoms with Crippen LogP contribution in [0, 0.1) is 0 Å². The first-order valence-electron chi connectivity index (χ1n) is 6.46. The highest BCUT2D eigenvalue weighted by molar-refractivity contribution is 7.91. The molecule has 0 N–H and O–H groups in total. The van der Waals surface area contributed by atoms with Crippen molar-refractivity contribution in [3.63, 3.8) is 0 Å². The van der Waals surface area contributed by atoms with Crippen LogP contribution >= 0.6 is 0 Å². The molecule has 1 aromatic rings. The van der Waals surface area contributed by atoms with Crippen LogP contribution in [0.15, 0.2) is 53.1 Å². The van der Waals surface area contributed by atoms with Crippen LogP contribution in [0.2, 0.25) is 0 Å². The first kappa shape index (κ1) is 13.9. The Morgan fingerprint density at radius 1 is 1.29 bits per heavy atom. The van der Waals surface area contributed by atoms with Crippen LogP contribution in [0.4, 0.5) is 0 Å². The number of allylic oxidation sites excluding steroid dienone is 3. The molecule has 1 aromatic carbocycles. The van der Waals surface area contributed by atoms with E-state index < -0.39 is 14.8 Å². The van der Waals surface area contributed by atoms with E-state index in [0.717, 1.165) is 5.56 Å². The van der Waals surface area contributed by atoms with E-state index in [-0.39, 0.29) is 12.5 Å². The minimum Gasteiger partial charge on any atom is -0.368 e. The fourth-order valence-corrected chi connectivity index (χ4v) is 3.73. The molecular weight excluding hydrogens is 290 g/mol. The molecule has 1 saturated heterocycles. The van der Waals surface area contributed by atoms with Crippen LogP contribution in [0.25, 0.3) is 10.4 Å². The minimum absolute atomic E-state index is 0.116. The first-order valence-corrected chi connectivity index (χ1v) is 7.90. The van der Waals surface area contributed by atoms with Gasteiger partial charge in [0, 0.05) is 9.43 Å². The summed E-state index contributed by atoms with van der Waals surface area (Å²) in [6.07, 6.45) is 7.11. The molecule has 0 radical (unpaired) electrons. The van der Waals surface area contributed by atoms with Gasteiger partial charge in [0.15, 0.2) is 0 Å². The van der Waals surface area contributed by atoms with E-state index >= 15 is 0 Å². The predicted octanol–water partition coefficient (Wildman–Crippen LogP) is 3.11. The zero-order valence-electron chi connectivity index (χ0n) is 11.1. The molecule has 108 valence electrons. The molecule has 1 aliphatic carbocycles. The predicted molar refractivity (Wildman–Crippen MR) is 77.8 cm³/mol. The highest BCUT2D eigenvalue weighted by Crippen LogP contribution is 2.40. The number of hydrogen-bond acceptors (Lipinski definition) is 3. The minimum atomic E-state index is -4.03. The highest BCUT2D eigenvalue weighted by Gasteiger charge is 2.42. The number of benzene rings is 1. The van der Waals surface area contributed by atoms with Crippen molar-refractivity contribution in [3.8, 4) is 0 Å². The zero-order chi connectivity index (χ0) is 14.9. The molecule has 2 aliphatic rings. The van der Waals surface area contributed by atoms with Crippen LogP contribution < -0.4 is 0 Å². The maximum Gasteiger partial charge on any atom is 0.249 e. The van der Waals surface area contributed by atoms with Crippen LogP contribution in [0.5, 0.6) is 0 Å². The first-order chi connectivity index (χ1) is 10.1. The highest BCUT2D eigenvalue weighted by atomic mass is 32.2. The van der Waals surface area contributed by atoms with Crippen LogP contribution in [-0.2, 0) is 19.5 Å². The Morgan fingerprint density at radius 3 is 2.52 bits per heavy atom. The number of ether oxygens (including phenoxy) is 1. The average Bonchev–Trinajstić information content (AvgIpc) is 3.33. The second kappa shape index (κ2) is 5.04. The van der Waals surface area contributed by atoms with Gasteiger partial charge >= 0.3 is 0 Å². The number of sulfonamides is 1. The molecule has 21 heavy (non-hydrogen) atoms. The fourth-order valence-electron chi connectivity index (χ4n) is 2.50. The van der Waals surface area contributed by atoms with Gasteiger partial charge < -0.3 is 4.74 Å². The summed E-state index contributed by atoms with van der Waals surface area (Å²) < 4.78 is 31.7. The molecule has 1 fully saturated rings. The number of hydrogen-bond donors (Lipinski definition) is 0. The lowest BCUT2D eigenvalue weighted by Crippen LogP contribution is -2.32. The van der Waals surface area contributed by atoms with Crippen molar-refractivity contribution in [2.75, 3.05) is 6.61 Å². The SMILES string of the molecule is [N-]=[N+]=NS(=O)(=O)C1(c2ccc(C3CO3)cc2)C=CC=CC1. The van der Waals surface area contributed by atoms with Crippen LogP contribution in [-0.4, -0.2) is 15.0 Å². The van der Waals surface area contributed by atoms with E-state index in [9.17, 15) is 8.42 Å². The van der Waals surface area contributed by atoms with Crippen molar-refractivity contribution in [2.45, 2.75) is 17.3 Å². The van der Waals surface area contributed by atoms with Crippen LogP contribution in [0.3, 0.4) is 0 Å². The van der Waals surface area contributed by atoms with Gasteiger partial charge in [0.05, 0.1) is 6.61 Å².